The number of aromatic nitrogens is 1. The average molecular weight is 255 g/mol. The van der Waals surface area contributed by atoms with Crippen molar-refractivity contribution in [3.05, 3.63) is 23.0 Å². The Balaban J connectivity index is 2.55. The summed E-state index contributed by atoms with van der Waals surface area (Å²) in [5.41, 5.74) is 6.45. The molecule has 5 N–H and O–H groups in total. The van der Waals surface area contributed by atoms with E-state index in [4.69, 9.17) is 10.8 Å². The molecule has 1 rings (SSSR count). The average Bonchev–Trinajstić information content (AvgIpc) is 2.33. The van der Waals surface area contributed by atoms with E-state index in [9.17, 15) is 9.90 Å². The van der Waals surface area contributed by atoms with Crippen molar-refractivity contribution < 1.29 is 19.7 Å². The third kappa shape index (κ3) is 3.86. The monoisotopic (exact) mass is 255 g/mol. The molecule has 18 heavy (non-hydrogen) atoms. The Bertz CT molecular complexity index is 423. The molecule has 100 valence electrons. The van der Waals surface area contributed by atoms with E-state index < -0.39 is 6.09 Å². The molecule has 0 aliphatic carbocycles. The van der Waals surface area contributed by atoms with E-state index in [0.717, 1.165) is 0 Å². The maximum Gasteiger partial charge on any atom is 0.404 e. The Labute approximate surface area is 105 Å². The van der Waals surface area contributed by atoms with Crippen LogP contribution in [-0.2, 0) is 17.9 Å². The van der Waals surface area contributed by atoms with Crippen molar-refractivity contribution in [1.29, 1.82) is 0 Å². The van der Waals surface area contributed by atoms with Crippen molar-refractivity contribution in [3.63, 3.8) is 0 Å². The normalized spacial score (nSPS) is 10.3. The number of nitrogens with two attached hydrogens (primary N) is 1. The van der Waals surface area contributed by atoms with E-state index in [0.29, 0.717) is 29.9 Å². The van der Waals surface area contributed by atoms with Gasteiger partial charge < -0.3 is 26.0 Å². The molecule has 1 aromatic rings. The smallest absolute Gasteiger partial charge is 0.404 e. The van der Waals surface area contributed by atoms with Crippen LogP contribution in [0.4, 0.5) is 4.79 Å². The summed E-state index contributed by atoms with van der Waals surface area (Å²) in [6, 6.07) is 0. The van der Waals surface area contributed by atoms with Crippen molar-refractivity contribution in [3.8, 4) is 5.75 Å². The molecule has 0 saturated heterocycles. The lowest BCUT2D eigenvalue weighted by Gasteiger charge is -2.12. The minimum absolute atomic E-state index is 0.0601. The molecule has 0 saturated carbocycles. The maximum absolute atomic E-state index is 10.3. The molecule has 0 aliphatic heterocycles. The molecule has 0 fully saturated rings. The zero-order valence-corrected chi connectivity index (χ0v) is 10.1. The number of primary amides is 1. The van der Waals surface area contributed by atoms with Crippen LogP contribution in [-0.4, -0.2) is 34.4 Å². The molecule has 0 aliphatic rings. The van der Waals surface area contributed by atoms with Crippen LogP contribution in [0.3, 0.4) is 0 Å². The number of hydrogen-bond donors (Lipinski definition) is 4. The molecule has 7 nitrogen and oxygen atoms in total. The second kappa shape index (κ2) is 6.77. The zero-order valence-electron chi connectivity index (χ0n) is 10.1. The van der Waals surface area contributed by atoms with Gasteiger partial charge in [-0.2, -0.15) is 0 Å². The number of aliphatic hydroxyl groups excluding tert-OH is 1. The number of rotatable bonds is 6. The first-order chi connectivity index (χ1) is 8.56. The Morgan fingerprint density at radius 3 is 2.94 bits per heavy atom. The Morgan fingerprint density at radius 1 is 1.61 bits per heavy atom. The number of nitrogens with one attached hydrogen (secondary N) is 1. The molecule has 0 aromatic carbocycles. The van der Waals surface area contributed by atoms with E-state index in [2.05, 4.69) is 15.0 Å². The first-order valence-corrected chi connectivity index (χ1v) is 5.46. The van der Waals surface area contributed by atoms with Crippen molar-refractivity contribution in [1.82, 2.24) is 10.3 Å². The molecule has 7 heteroatoms. The van der Waals surface area contributed by atoms with Gasteiger partial charge in [-0.3, -0.25) is 4.98 Å². The third-order valence-corrected chi connectivity index (χ3v) is 2.43. The highest BCUT2D eigenvalue weighted by Crippen LogP contribution is 2.23. The number of aromatic hydroxyl groups is 1. The zero-order chi connectivity index (χ0) is 13.5. The van der Waals surface area contributed by atoms with Crippen molar-refractivity contribution in [2.45, 2.75) is 20.1 Å². The molecule has 1 heterocycles. The summed E-state index contributed by atoms with van der Waals surface area (Å²) >= 11 is 0. The largest absolute Gasteiger partial charge is 0.506 e. The van der Waals surface area contributed by atoms with Gasteiger partial charge in [-0.15, -0.1) is 0 Å². The maximum atomic E-state index is 10.3. The van der Waals surface area contributed by atoms with Gasteiger partial charge in [0.15, 0.2) is 0 Å². The van der Waals surface area contributed by atoms with Gasteiger partial charge in [-0.1, -0.05) is 0 Å². The number of amides is 1. The Hall–Kier alpha value is -1.86. The van der Waals surface area contributed by atoms with Gasteiger partial charge >= 0.3 is 6.09 Å². The molecular formula is C11H17N3O4. The van der Waals surface area contributed by atoms with Crippen LogP contribution in [0.5, 0.6) is 5.75 Å². The first kappa shape index (κ1) is 14.2. The second-order valence-corrected chi connectivity index (χ2v) is 3.70. The highest BCUT2D eigenvalue weighted by molar-refractivity contribution is 5.64. The first-order valence-electron chi connectivity index (χ1n) is 5.46. The standard InChI is InChI=1S/C11H17N3O4/c1-7-10(16)9(8(6-15)4-14-7)5-13-2-3-18-11(12)17/h4,13,15-16H,2-3,5-6H2,1H3,(H2,12,17). The number of aryl methyl sites for hydroxylation is 1. The highest BCUT2D eigenvalue weighted by Gasteiger charge is 2.10. The lowest BCUT2D eigenvalue weighted by Crippen LogP contribution is -2.23. The van der Waals surface area contributed by atoms with Crippen LogP contribution < -0.4 is 11.1 Å². The summed E-state index contributed by atoms with van der Waals surface area (Å²) in [6.45, 7) is 2.36. The molecular weight excluding hydrogens is 238 g/mol. The quantitative estimate of drug-likeness (QED) is 0.522. The number of aliphatic hydroxyl groups is 1. The van der Waals surface area contributed by atoms with Crippen molar-refractivity contribution in [2.75, 3.05) is 13.2 Å². The highest BCUT2D eigenvalue weighted by atomic mass is 16.5. The number of ether oxygens (including phenoxy) is 1. The molecule has 0 atom stereocenters. The van der Waals surface area contributed by atoms with Gasteiger partial charge in [0.1, 0.15) is 12.4 Å². The number of carbonyl (C=O) groups excluding carboxylic acids is 1. The van der Waals surface area contributed by atoms with Crippen LogP contribution in [0.25, 0.3) is 0 Å². The Morgan fingerprint density at radius 2 is 2.33 bits per heavy atom. The Kier molecular flexibility index (Phi) is 5.34. The molecule has 0 bridgehead atoms. The van der Waals surface area contributed by atoms with Crippen LogP contribution in [0.1, 0.15) is 16.8 Å². The predicted octanol–water partition coefficient (Wildman–Crippen LogP) is -0.227. The van der Waals surface area contributed by atoms with Crippen LogP contribution in [0.2, 0.25) is 0 Å². The van der Waals surface area contributed by atoms with Gasteiger partial charge in [-0.25, -0.2) is 4.79 Å². The number of pyridine rings is 1. The topological polar surface area (TPSA) is 118 Å². The fraction of sp³-hybridized carbons (Fsp3) is 0.455. The van der Waals surface area contributed by atoms with Gasteiger partial charge in [0.25, 0.3) is 0 Å². The second-order valence-electron chi connectivity index (χ2n) is 3.70. The van der Waals surface area contributed by atoms with Gasteiger partial charge in [0.2, 0.25) is 0 Å². The molecule has 1 amide bonds. The van der Waals surface area contributed by atoms with Crippen LogP contribution in [0.15, 0.2) is 6.20 Å². The summed E-state index contributed by atoms with van der Waals surface area (Å²) < 4.78 is 4.54. The SMILES string of the molecule is Cc1ncc(CO)c(CNCCOC(N)=O)c1O. The van der Waals surface area contributed by atoms with E-state index >= 15 is 0 Å². The third-order valence-electron chi connectivity index (χ3n) is 2.43. The fourth-order valence-corrected chi connectivity index (χ4v) is 1.45. The summed E-state index contributed by atoms with van der Waals surface area (Å²) in [5, 5.41) is 21.9. The lowest BCUT2D eigenvalue weighted by atomic mass is 10.1. The predicted molar refractivity (Wildman–Crippen MR) is 63.8 cm³/mol. The number of nitrogens with zero attached hydrogens (tertiary/aromatic N) is 1. The van der Waals surface area contributed by atoms with E-state index in [1.165, 1.54) is 6.20 Å². The molecule has 1 aromatic heterocycles. The minimum Gasteiger partial charge on any atom is -0.506 e. The fourth-order valence-electron chi connectivity index (χ4n) is 1.45. The minimum atomic E-state index is -0.824. The van der Waals surface area contributed by atoms with Gasteiger partial charge in [0, 0.05) is 30.4 Å². The van der Waals surface area contributed by atoms with Crippen LogP contribution in [0, 0.1) is 6.92 Å². The molecule has 0 radical (unpaired) electrons. The molecule has 0 spiro atoms. The van der Waals surface area contributed by atoms with Crippen LogP contribution >= 0.6 is 0 Å². The summed E-state index contributed by atoms with van der Waals surface area (Å²) in [7, 11) is 0. The van der Waals surface area contributed by atoms with Gasteiger partial charge in [0.05, 0.1) is 12.3 Å². The van der Waals surface area contributed by atoms with E-state index in [1.807, 2.05) is 0 Å². The van der Waals surface area contributed by atoms with E-state index in [-0.39, 0.29) is 19.0 Å². The molecule has 0 unspecified atom stereocenters. The number of hydrogen-bond acceptors (Lipinski definition) is 6. The van der Waals surface area contributed by atoms with Gasteiger partial charge in [-0.05, 0) is 6.92 Å². The lowest BCUT2D eigenvalue weighted by molar-refractivity contribution is 0.157. The summed E-state index contributed by atoms with van der Waals surface area (Å²) in [4.78, 5) is 14.3. The van der Waals surface area contributed by atoms with Crippen molar-refractivity contribution >= 4 is 6.09 Å². The van der Waals surface area contributed by atoms with E-state index in [1.54, 1.807) is 6.92 Å². The van der Waals surface area contributed by atoms with Crippen molar-refractivity contribution in [2.24, 2.45) is 5.73 Å². The number of carbonyl (C=O) groups is 1. The summed E-state index contributed by atoms with van der Waals surface area (Å²) in [6.07, 6.45) is 0.696. The summed E-state index contributed by atoms with van der Waals surface area (Å²) in [5.74, 6) is 0.0601.